The Hall–Kier alpha value is -0.730. The molecule has 1 unspecified atom stereocenters. The summed E-state index contributed by atoms with van der Waals surface area (Å²) in [6.07, 6.45) is 3.18. The minimum absolute atomic E-state index is 0.466. The zero-order valence-electron chi connectivity index (χ0n) is 10.9. The number of nitrogens with zero attached hydrogens (tertiary/aromatic N) is 1. The number of aliphatic hydroxyl groups excluding tert-OH is 1. The zero-order chi connectivity index (χ0) is 12.8. The van der Waals surface area contributed by atoms with Crippen molar-refractivity contribution in [2.45, 2.75) is 39.2 Å². The number of anilines is 1. The number of halogens is 1. The maximum Gasteiger partial charge on any atom is 0.0762 e. The van der Waals surface area contributed by atoms with Crippen LogP contribution in [0.1, 0.15) is 44.8 Å². The van der Waals surface area contributed by atoms with Crippen LogP contribution >= 0.6 is 11.6 Å². The van der Waals surface area contributed by atoms with Gasteiger partial charge in [-0.05, 0) is 31.0 Å². The molecule has 0 radical (unpaired) electrons. The third-order valence-electron chi connectivity index (χ3n) is 2.96. The van der Waals surface area contributed by atoms with Gasteiger partial charge in [0, 0.05) is 13.6 Å². The molecule has 0 bridgehead atoms. The fraction of sp³-hybridized carbons (Fsp3) is 0.571. The summed E-state index contributed by atoms with van der Waals surface area (Å²) in [4.78, 5) is 2.17. The lowest BCUT2D eigenvalue weighted by atomic mass is 10.1. The summed E-state index contributed by atoms with van der Waals surface area (Å²) in [7, 11) is 2.05. The average molecular weight is 256 g/mol. The van der Waals surface area contributed by atoms with Crippen molar-refractivity contribution >= 4 is 17.3 Å². The number of unbranched alkanes of at least 4 members (excludes halogenated alkanes) is 2. The van der Waals surface area contributed by atoms with E-state index in [0.29, 0.717) is 5.02 Å². The molecule has 0 fully saturated rings. The van der Waals surface area contributed by atoms with Crippen LogP contribution in [-0.4, -0.2) is 18.7 Å². The Bertz CT molecular complexity index is 352. The van der Waals surface area contributed by atoms with E-state index >= 15 is 0 Å². The average Bonchev–Trinajstić information content (AvgIpc) is 2.28. The molecule has 0 spiro atoms. The number of hydrogen-bond acceptors (Lipinski definition) is 2. The van der Waals surface area contributed by atoms with E-state index in [1.807, 2.05) is 18.2 Å². The summed E-state index contributed by atoms with van der Waals surface area (Å²) in [5.74, 6) is 0. The molecule has 1 atom stereocenters. The van der Waals surface area contributed by atoms with E-state index in [9.17, 15) is 5.11 Å². The Labute approximate surface area is 109 Å². The van der Waals surface area contributed by atoms with Crippen molar-refractivity contribution in [2.75, 3.05) is 18.5 Å². The zero-order valence-corrected chi connectivity index (χ0v) is 11.7. The lowest BCUT2D eigenvalue weighted by Gasteiger charge is -2.21. The van der Waals surface area contributed by atoms with Crippen LogP contribution < -0.4 is 4.90 Å². The predicted octanol–water partition coefficient (Wildman–Crippen LogP) is 4.02. The summed E-state index contributed by atoms with van der Waals surface area (Å²) >= 11 is 6.23. The van der Waals surface area contributed by atoms with Gasteiger partial charge in [-0.3, -0.25) is 0 Å². The lowest BCUT2D eigenvalue weighted by molar-refractivity contribution is 0.199. The van der Waals surface area contributed by atoms with E-state index < -0.39 is 6.10 Å². The minimum Gasteiger partial charge on any atom is -0.389 e. The fourth-order valence-electron chi connectivity index (χ4n) is 1.81. The van der Waals surface area contributed by atoms with Gasteiger partial charge >= 0.3 is 0 Å². The van der Waals surface area contributed by atoms with Gasteiger partial charge in [-0.15, -0.1) is 0 Å². The van der Waals surface area contributed by atoms with E-state index in [0.717, 1.165) is 17.8 Å². The fourth-order valence-corrected chi connectivity index (χ4v) is 2.15. The molecular weight excluding hydrogens is 234 g/mol. The van der Waals surface area contributed by atoms with Crippen molar-refractivity contribution in [1.82, 2.24) is 0 Å². The largest absolute Gasteiger partial charge is 0.389 e. The van der Waals surface area contributed by atoms with Gasteiger partial charge in [0.25, 0.3) is 0 Å². The van der Waals surface area contributed by atoms with Gasteiger partial charge in [0.15, 0.2) is 0 Å². The molecule has 2 nitrogen and oxygen atoms in total. The molecule has 3 heteroatoms. The van der Waals surface area contributed by atoms with Crippen molar-refractivity contribution in [2.24, 2.45) is 0 Å². The standard InChI is InChI=1S/C14H22ClNO/c1-4-5-6-9-16(3)14-8-7-12(11(2)17)10-13(14)15/h7-8,10-11,17H,4-6,9H2,1-3H3. The minimum atomic E-state index is -0.466. The summed E-state index contributed by atoms with van der Waals surface area (Å²) in [6, 6.07) is 5.76. The van der Waals surface area contributed by atoms with Crippen LogP contribution in [0.25, 0.3) is 0 Å². The molecular formula is C14H22ClNO. The van der Waals surface area contributed by atoms with Gasteiger partial charge in [0.2, 0.25) is 0 Å². The smallest absolute Gasteiger partial charge is 0.0762 e. The second kappa shape index (κ2) is 6.87. The monoisotopic (exact) mass is 255 g/mol. The molecule has 1 aromatic rings. The van der Waals surface area contributed by atoms with Gasteiger partial charge in [-0.1, -0.05) is 37.4 Å². The highest BCUT2D eigenvalue weighted by Crippen LogP contribution is 2.28. The summed E-state index contributed by atoms with van der Waals surface area (Å²) in [5, 5.41) is 10.2. The highest BCUT2D eigenvalue weighted by molar-refractivity contribution is 6.33. The third-order valence-corrected chi connectivity index (χ3v) is 3.27. The Morgan fingerprint density at radius 3 is 2.59 bits per heavy atom. The molecule has 0 amide bonds. The van der Waals surface area contributed by atoms with Crippen molar-refractivity contribution in [3.8, 4) is 0 Å². The quantitative estimate of drug-likeness (QED) is 0.776. The third kappa shape index (κ3) is 4.21. The van der Waals surface area contributed by atoms with Gasteiger partial charge in [-0.25, -0.2) is 0 Å². The van der Waals surface area contributed by atoms with E-state index in [1.54, 1.807) is 6.92 Å². The molecule has 1 N–H and O–H groups in total. The van der Waals surface area contributed by atoms with Gasteiger partial charge < -0.3 is 10.0 Å². The van der Waals surface area contributed by atoms with E-state index in [4.69, 9.17) is 11.6 Å². The summed E-state index contributed by atoms with van der Waals surface area (Å²) in [5.41, 5.74) is 1.90. The van der Waals surface area contributed by atoms with Crippen LogP contribution in [0.3, 0.4) is 0 Å². The first-order valence-corrected chi connectivity index (χ1v) is 6.62. The predicted molar refractivity (Wildman–Crippen MR) is 74.9 cm³/mol. The maximum absolute atomic E-state index is 9.48. The first-order chi connectivity index (χ1) is 8.06. The van der Waals surface area contributed by atoms with Gasteiger partial charge in [0.1, 0.15) is 0 Å². The van der Waals surface area contributed by atoms with Crippen LogP contribution in [0.4, 0.5) is 5.69 Å². The number of rotatable bonds is 6. The number of aliphatic hydroxyl groups is 1. The Balaban J connectivity index is 2.70. The molecule has 0 aromatic heterocycles. The van der Waals surface area contributed by atoms with Crippen LogP contribution in [0.15, 0.2) is 18.2 Å². The van der Waals surface area contributed by atoms with E-state index in [2.05, 4.69) is 18.9 Å². The Kier molecular flexibility index (Phi) is 5.79. The van der Waals surface area contributed by atoms with Crippen molar-refractivity contribution < 1.29 is 5.11 Å². The Morgan fingerprint density at radius 1 is 1.35 bits per heavy atom. The normalized spacial score (nSPS) is 12.5. The van der Waals surface area contributed by atoms with Crippen molar-refractivity contribution in [1.29, 1.82) is 0 Å². The van der Waals surface area contributed by atoms with Crippen molar-refractivity contribution in [3.63, 3.8) is 0 Å². The molecule has 1 aromatic carbocycles. The molecule has 96 valence electrons. The second-order valence-electron chi connectivity index (χ2n) is 4.52. The first-order valence-electron chi connectivity index (χ1n) is 6.25. The topological polar surface area (TPSA) is 23.5 Å². The Morgan fingerprint density at radius 2 is 2.06 bits per heavy atom. The molecule has 0 heterocycles. The summed E-state index contributed by atoms with van der Waals surface area (Å²) < 4.78 is 0. The van der Waals surface area contributed by atoms with Crippen molar-refractivity contribution in [3.05, 3.63) is 28.8 Å². The maximum atomic E-state index is 9.48. The van der Waals surface area contributed by atoms with E-state index in [1.165, 1.54) is 19.3 Å². The highest BCUT2D eigenvalue weighted by Gasteiger charge is 2.08. The molecule has 0 aliphatic heterocycles. The number of hydrogen-bond donors (Lipinski definition) is 1. The molecule has 0 saturated carbocycles. The molecule has 1 rings (SSSR count). The molecule has 0 aliphatic carbocycles. The van der Waals surface area contributed by atoms with Gasteiger partial charge in [0.05, 0.1) is 16.8 Å². The van der Waals surface area contributed by atoms with E-state index in [-0.39, 0.29) is 0 Å². The molecule has 0 aliphatic rings. The lowest BCUT2D eigenvalue weighted by Crippen LogP contribution is -2.18. The van der Waals surface area contributed by atoms with Gasteiger partial charge in [-0.2, -0.15) is 0 Å². The summed E-state index contributed by atoms with van der Waals surface area (Å²) in [6.45, 7) is 4.96. The van der Waals surface area contributed by atoms with Crippen LogP contribution in [-0.2, 0) is 0 Å². The SMILES string of the molecule is CCCCCN(C)c1ccc(C(C)O)cc1Cl. The van der Waals surface area contributed by atoms with Crippen LogP contribution in [0, 0.1) is 0 Å². The number of benzene rings is 1. The van der Waals surface area contributed by atoms with Crippen LogP contribution in [0.2, 0.25) is 5.02 Å². The first kappa shape index (κ1) is 14.3. The molecule has 17 heavy (non-hydrogen) atoms. The highest BCUT2D eigenvalue weighted by atomic mass is 35.5. The van der Waals surface area contributed by atoms with Crippen LogP contribution in [0.5, 0.6) is 0 Å². The molecule has 0 saturated heterocycles. The second-order valence-corrected chi connectivity index (χ2v) is 4.92.